The number of hydrogen-bond donors (Lipinski definition) is 0. The van der Waals surface area contributed by atoms with Gasteiger partial charge in [0.05, 0.1) is 17.9 Å². The highest BCUT2D eigenvalue weighted by molar-refractivity contribution is 6.30. The van der Waals surface area contributed by atoms with E-state index in [1.165, 1.54) is 16.8 Å². The van der Waals surface area contributed by atoms with E-state index in [1.54, 1.807) is 48.5 Å². The Morgan fingerprint density at radius 2 is 1.78 bits per heavy atom. The van der Waals surface area contributed by atoms with Crippen molar-refractivity contribution in [3.05, 3.63) is 122 Å². The lowest BCUT2D eigenvalue weighted by molar-refractivity contribution is 0.103. The van der Waals surface area contributed by atoms with Gasteiger partial charge in [0.2, 0.25) is 5.78 Å². The molecule has 4 rings (SSSR count). The SMILES string of the molecule is Cc1cc(Cc2ccc(=O)n(Cc3ccccc3F)n2)n(C)c1C(=O)c1ccc(Cl)cc1. The molecule has 0 fully saturated rings. The van der Waals surface area contributed by atoms with Crippen LogP contribution < -0.4 is 5.56 Å². The zero-order chi connectivity index (χ0) is 22.8. The summed E-state index contributed by atoms with van der Waals surface area (Å²) in [4.78, 5) is 25.3. The number of carbonyl (C=O) groups excluding carboxylic acids is 1. The first-order valence-electron chi connectivity index (χ1n) is 10.1. The van der Waals surface area contributed by atoms with Gasteiger partial charge in [0, 0.05) is 41.4 Å². The van der Waals surface area contributed by atoms with Crippen LogP contribution in [0.2, 0.25) is 5.02 Å². The van der Waals surface area contributed by atoms with E-state index >= 15 is 0 Å². The molecular formula is C25H21ClFN3O2. The van der Waals surface area contributed by atoms with E-state index in [-0.39, 0.29) is 23.7 Å². The standard InChI is InChI=1S/C25H21ClFN3O2/c1-16-13-21(29(2)24(16)25(32)17-7-9-19(26)10-8-17)14-20-11-12-23(31)30(28-20)15-18-5-3-4-6-22(18)27/h3-13H,14-15H2,1-2H3. The number of rotatable bonds is 6. The highest BCUT2D eigenvalue weighted by atomic mass is 35.5. The summed E-state index contributed by atoms with van der Waals surface area (Å²) < 4.78 is 17.1. The average Bonchev–Trinajstić information content (AvgIpc) is 3.05. The third kappa shape index (κ3) is 4.41. The molecule has 0 amide bonds. The summed E-state index contributed by atoms with van der Waals surface area (Å²) in [5.41, 5.74) is 3.60. The lowest BCUT2D eigenvalue weighted by Crippen LogP contribution is -2.24. The maximum atomic E-state index is 14.0. The van der Waals surface area contributed by atoms with E-state index in [0.29, 0.717) is 34.0 Å². The molecule has 0 aliphatic carbocycles. The normalized spacial score (nSPS) is 11.0. The fourth-order valence-electron chi connectivity index (χ4n) is 3.73. The maximum absolute atomic E-state index is 14.0. The average molecular weight is 450 g/mol. The van der Waals surface area contributed by atoms with Crippen LogP contribution in [0, 0.1) is 12.7 Å². The van der Waals surface area contributed by atoms with Gasteiger partial charge >= 0.3 is 0 Å². The van der Waals surface area contributed by atoms with Crippen LogP contribution in [0.4, 0.5) is 4.39 Å². The molecule has 0 spiro atoms. The van der Waals surface area contributed by atoms with E-state index in [4.69, 9.17) is 11.6 Å². The van der Waals surface area contributed by atoms with Gasteiger partial charge in [-0.05, 0) is 55.0 Å². The molecule has 7 heteroatoms. The number of aromatic nitrogens is 3. The van der Waals surface area contributed by atoms with Crippen molar-refractivity contribution in [1.82, 2.24) is 14.3 Å². The molecular weight excluding hydrogens is 429 g/mol. The van der Waals surface area contributed by atoms with Crippen LogP contribution in [0.15, 0.2) is 71.5 Å². The molecule has 0 saturated carbocycles. The van der Waals surface area contributed by atoms with Crippen molar-refractivity contribution in [1.29, 1.82) is 0 Å². The van der Waals surface area contributed by atoms with Crippen molar-refractivity contribution in [3.8, 4) is 0 Å². The van der Waals surface area contributed by atoms with Crippen LogP contribution in [0.5, 0.6) is 0 Å². The van der Waals surface area contributed by atoms with Gasteiger partial charge in [-0.15, -0.1) is 0 Å². The van der Waals surface area contributed by atoms with Crippen molar-refractivity contribution in [2.24, 2.45) is 7.05 Å². The summed E-state index contributed by atoms with van der Waals surface area (Å²) in [5.74, 6) is -0.472. The molecule has 0 radical (unpaired) electrons. The van der Waals surface area contributed by atoms with Crippen LogP contribution in [0.1, 0.15) is 38.6 Å². The Morgan fingerprint density at radius 1 is 1.06 bits per heavy atom. The number of ketones is 1. The highest BCUT2D eigenvalue weighted by Gasteiger charge is 2.19. The molecule has 0 bridgehead atoms. The number of hydrogen-bond acceptors (Lipinski definition) is 3. The minimum absolute atomic E-state index is 0.0474. The van der Waals surface area contributed by atoms with Crippen molar-refractivity contribution in [3.63, 3.8) is 0 Å². The molecule has 5 nitrogen and oxygen atoms in total. The van der Waals surface area contributed by atoms with Gasteiger partial charge in [-0.25, -0.2) is 9.07 Å². The molecule has 0 aliphatic heterocycles. The van der Waals surface area contributed by atoms with Gasteiger partial charge in [-0.3, -0.25) is 9.59 Å². The minimum atomic E-state index is -0.380. The van der Waals surface area contributed by atoms with Crippen LogP contribution >= 0.6 is 11.6 Å². The Kier molecular flexibility index (Phi) is 6.06. The largest absolute Gasteiger partial charge is 0.344 e. The minimum Gasteiger partial charge on any atom is -0.344 e. The number of carbonyl (C=O) groups is 1. The number of halogens is 2. The summed E-state index contributed by atoms with van der Waals surface area (Å²) in [7, 11) is 1.83. The van der Waals surface area contributed by atoms with Crippen LogP contribution in [-0.2, 0) is 20.0 Å². The lowest BCUT2D eigenvalue weighted by Gasteiger charge is -2.10. The highest BCUT2D eigenvalue weighted by Crippen LogP contribution is 2.21. The quantitative estimate of drug-likeness (QED) is 0.406. The zero-order valence-electron chi connectivity index (χ0n) is 17.7. The van der Waals surface area contributed by atoms with Crippen LogP contribution in [0.3, 0.4) is 0 Å². The molecule has 0 atom stereocenters. The monoisotopic (exact) mass is 449 g/mol. The third-order valence-electron chi connectivity index (χ3n) is 5.41. The Bertz CT molecular complexity index is 1360. The molecule has 2 aromatic heterocycles. The molecule has 2 aromatic carbocycles. The van der Waals surface area contributed by atoms with Crippen molar-refractivity contribution >= 4 is 17.4 Å². The van der Waals surface area contributed by atoms with Gasteiger partial charge in [0.15, 0.2) is 0 Å². The fourth-order valence-corrected chi connectivity index (χ4v) is 3.86. The molecule has 0 unspecified atom stereocenters. The van der Waals surface area contributed by atoms with Crippen molar-refractivity contribution < 1.29 is 9.18 Å². The predicted octanol–water partition coefficient (Wildman–Crippen LogP) is 4.55. The second-order valence-electron chi connectivity index (χ2n) is 7.65. The Hall–Kier alpha value is -3.51. The summed E-state index contributed by atoms with van der Waals surface area (Å²) in [5, 5.41) is 4.99. The first kappa shape index (κ1) is 21.7. The summed E-state index contributed by atoms with van der Waals surface area (Å²) in [6, 6.07) is 18.1. The van der Waals surface area contributed by atoms with Crippen LogP contribution in [-0.4, -0.2) is 20.1 Å². The topological polar surface area (TPSA) is 56.9 Å². The number of aryl methyl sites for hydroxylation is 1. The molecule has 0 saturated heterocycles. The fraction of sp³-hybridized carbons (Fsp3) is 0.160. The lowest BCUT2D eigenvalue weighted by atomic mass is 10.1. The Balaban J connectivity index is 1.62. The Morgan fingerprint density at radius 3 is 2.50 bits per heavy atom. The molecule has 162 valence electrons. The van der Waals surface area contributed by atoms with Crippen molar-refractivity contribution in [2.75, 3.05) is 0 Å². The zero-order valence-corrected chi connectivity index (χ0v) is 18.4. The third-order valence-corrected chi connectivity index (χ3v) is 5.66. The molecule has 0 N–H and O–H groups in total. The van der Waals surface area contributed by atoms with Gasteiger partial charge in [-0.1, -0.05) is 29.8 Å². The molecule has 0 aliphatic rings. The van der Waals surface area contributed by atoms with Gasteiger partial charge in [0.25, 0.3) is 5.56 Å². The van der Waals surface area contributed by atoms with Gasteiger partial charge in [-0.2, -0.15) is 5.10 Å². The number of nitrogens with zero attached hydrogens (tertiary/aromatic N) is 3. The first-order chi connectivity index (χ1) is 15.3. The second-order valence-corrected chi connectivity index (χ2v) is 8.09. The van der Waals surface area contributed by atoms with E-state index in [0.717, 1.165) is 11.3 Å². The van der Waals surface area contributed by atoms with Gasteiger partial charge in [0.1, 0.15) is 5.82 Å². The number of benzene rings is 2. The van der Waals surface area contributed by atoms with E-state index in [2.05, 4.69) is 5.10 Å². The summed E-state index contributed by atoms with van der Waals surface area (Å²) in [6.07, 6.45) is 0.419. The summed E-state index contributed by atoms with van der Waals surface area (Å²) in [6.45, 7) is 1.94. The molecule has 2 heterocycles. The molecule has 32 heavy (non-hydrogen) atoms. The first-order valence-corrected chi connectivity index (χ1v) is 10.5. The maximum Gasteiger partial charge on any atom is 0.267 e. The summed E-state index contributed by atoms with van der Waals surface area (Å²) >= 11 is 5.93. The second kappa shape index (κ2) is 8.93. The van der Waals surface area contributed by atoms with Gasteiger partial charge < -0.3 is 4.57 Å². The molecule has 4 aromatic rings. The Labute approximate surface area is 189 Å². The van der Waals surface area contributed by atoms with E-state index in [1.807, 2.05) is 24.6 Å². The smallest absolute Gasteiger partial charge is 0.267 e. The van der Waals surface area contributed by atoms with Crippen molar-refractivity contribution in [2.45, 2.75) is 19.9 Å². The van der Waals surface area contributed by atoms with E-state index < -0.39 is 0 Å². The van der Waals surface area contributed by atoms with Crippen LogP contribution in [0.25, 0.3) is 0 Å². The van der Waals surface area contributed by atoms with E-state index in [9.17, 15) is 14.0 Å². The predicted molar refractivity (Wildman–Crippen MR) is 122 cm³/mol.